The number of aliphatic carboxylic acids is 1. The Balaban J connectivity index is 2.04. The first-order valence-corrected chi connectivity index (χ1v) is 7.21. The molecule has 1 aliphatic carbocycles. The Hall–Kier alpha value is -2.04. The van der Waals surface area contributed by atoms with E-state index >= 15 is 0 Å². The number of carboxylic acid groups (broad SMARTS) is 1. The minimum absolute atomic E-state index is 0.0506. The van der Waals surface area contributed by atoms with Crippen LogP contribution in [0.1, 0.15) is 44.1 Å². The molecule has 21 heavy (non-hydrogen) atoms. The zero-order chi connectivity index (χ0) is 15.5. The fraction of sp³-hybridized carbons (Fsp3) is 0.500. The summed E-state index contributed by atoms with van der Waals surface area (Å²) in [6, 6.07) is 4.75. The predicted octanol–water partition coefficient (Wildman–Crippen LogP) is 3.06. The van der Waals surface area contributed by atoms with E-state index in [9.17, 15) is 14.7 Å². The van der Waals surface area contributed by atoms with Crippen LogP contribution in [0.3, 0.4) is 0 Å². The molecule has 2 rings (SSSR count). The number of carboxylic acids is 1. The summed E-state index contributed by atoms with van der Waals surface area (Å²) in [6.07, 6.45) is 3.84. The monoisotopic (exact) mass is 291 g/mol. The van der Waals surface area contributed by atoms with Crippen molar-refractivity contribution >= 4 is 17.6 Å². The van der Waals surface area contributed by atoms with Crippen LogP contribution in [0.15, 0.2) is 18.2 Å². The van der Waals surface area contributed by atoms with Crippen LogP contribution >= 0.6 is 0 Å². The van der Waals surface area contributed by atoms with Crippen LogP contribution in [-0.2, 0) is 9.59 Å². The van der Waals surface area contributed by atoms with Crippen molar-refractivity contribution in [2.24, 2.45) is 5.41 Å². The van der Waals surface area contributed by atoms with Gasteiger partial charge in [-0.3, -0.25) is 9.59 Å². The zero-order valence-electron chi connectivity index (χ0n) is 12.2. The molecule has 5 nitrogen and oxygen atoms in total. The van der Waals surface area contributed by atoms with E-state index in [2.05, 4.69) is 5.32 Å². The molecule has 0 saturated heterocycles. The summed E-state index contributed by atoms with van der Waals surface area (Å²) in [5.41, 5.74) is 1.03. The standard InChI is InChI=1S/C16H21NO4/c1-11-8-12(18)4-5-13(11)17-14(19)9-16(10-15(20)21)6-2-3-7-16/h4-5,8,18H,2-3,6-7,9-10H2,1H3,(H,17,19)(H,20,21). The molecule has 3 N–H and O–H groups in total. The summed E-state index contributed by atoms with van der Waals surface area (Å²) < 4.78 is 0. The van der Waals surface area contributed by atoms with Gasteiger partial charge in [0.25, 0.3) is 0 Å². The predicted molar refractivity (Wildman–Crippen MR) is 79.2 cm³/mol. The minimum Gasteiger partial charge on any atom is -0.508 e. The maximum Gasteiger partial charge on any atom is 0.303 e. The van der Waals surface area contributed by atoms with Gasteiger partial charge in [0.15, 0.2) is 0 Å². The molecule has 0 spiro atoms. The van der Waals surface area contributed by atoms with E-state index in [1.165, 1.54) is 6.07 Å². The van der Waals surface area contributed by atoms with E-state index in [4.69, 9.17) is 5.11 Å². The summed E-state index contributed by atoms with van der Waals surface area (Å²) in [6.45, 7) is 1.80. The molecule has 1 saturated carbocycles. The molecule has 0 aliphatic heterocycles. The summed E-state index contributed by atoms with van der Waals surface area (Å²) in [5, 5.41) is 21.2. The molecule has 1 amide bonds. The van der Waals surface area contributed by atoms with Gasteiger partial charge >= 0.3 is 5.97 Å². The molecule has 0 heterocycles. The highest BCUT2D eigenvalue weighted by Crippen LogP contribution is 2.44. The second-order valence-corrected chi connectivity index (χ2v) is 6.00. The molecule has 5 heteroatoms. The normalized spacial score (nSPS) is 16.6. The van der Waals surface area contributed by atoms with Gasteiger partial charge in [-0.05, 0) is 48.9 Å². The van der Waals surface area contributed by atoms with Crippen molar-refractivity contribution in [3.05, 3.63) is 23.8 Å². The number of phenols is 1. The average Bonchev–Trinajstić information content (AvgIpc) is 2.80. The van der Waals surface area contributed by atoms with Crippen LogP contribution in [0.25, 0.3) is 0 Å². The second kappa shape index (κ2) is 6.16. The SMILES string of the molecule is Cc1cc(O)ccc1NC(=O)CC1(CC(=O)O)CCCC1. The molecule has 0 radical (unpaired) electrons. The van der Waals surface area contributed by atoms with Crippen LogP contribution < -0.4 is 5.32 Å². The maximum atomic E-state index is 12.2. The number of rotatable bonds is 5. The van der Waals surface area contributed by atoms with Gasteiger partial charge in [-0.25, -0.2) is 0 Å². The van der Waals surface area contributed by atoms with Gasteiger partial charge in [0.2, 0.25) is 5.91 Å². The third-order valence-electron chi connectivity index (χ3n) is 4.21. The van der Waals surface area contributed by atoms with Gasteiger partial charge in [0, 0.05) is 12.1 Å². The van der Waals surface area contributed by atoms with Crippen molar-refractivity contribution in [1.29, 1.82) is 0 Å². The number of carbonyl (C=O) groups is 2. The van der Waals surface area contributed by atoms with Crippen LogP contribution in [0.5, 0.6) is 5.75 Å². The van der Waals surface area contributed by atoms with Crippen LogP contribution in [0, 0.1) is 12.3 Å². The Morgan fingerprint density at radius 3 is 2.48 bits per heavy atom. The van der Waals surface area contributed by atoms with Crippen molar-refractivity contribution in [3.8, 4) is 5.75 Å². The average molecular weight is 291 g/mol. The highest BCUT2D eigenvalue weighted by molar-refractivity contribution is 5.92. The van der Waals surface area contributed by atoms with E-state index in [-0.39, 0.29) is 24.5 Å². The van der Waals surface area contributed by atoms with Gasteiger partial charge in [0.05, 0.1) is 6.42 Å². The number of anilines is 1. The number of aryl methyl sites for hydroxylation is 1. The minimum atomic E-state index is -0.842. The Bertz CT molecular complexity index is 547. The molecule has 114 valence electrons. The third kappa shape index (κ3) is 3.97. The van der Waals surface area contributed by atoms with Gasteiger partial charge < -0.3 is 15.5 Å². The largest absolute Gasteiger partial charge is 0.508 e. The van der Waals surface area contributed by atoms with Crippen molar-refractivity contribution in [2.75, 3.05) is 5.32 Å². The highest BCUT2D eigenvalue weighted by Gasteiger charge is 2.38. The topological polar surface area (TPSA) is 86.6 Å². The lowest BCUT2D eigenvalue weighted by molar-refractivity contribution is -0.140. The van der Waals surface area contributed by atoms with Crippen molar-refractivity contribution in [2.45, 2.75) is 45.4 Å². The molecule has 0 unspecified atom stereocenters. The quantitative estimate of drug-likeness (QED) is 0.728. The third-order valence-corrected chi connectivity index (χ3v) is 4.21. The fourth-order valence-corrected chi connectivity index (χ4v) is 3.18. The molecule has 1 aromatic rings. The van der Waals surface area contributed by atoms with Crippen molar-refractivity contribution in [1.82, 2.24) is 0 Å². The number of amides is 1. The number of aromatic hydroxyl groups is 1. The smallest absolute Gasteiger partial charge is 0.303 e. The van der Waals surface area contributed by atoms with Gasteiger partial charge in [-0.15, -0.1) is 0 Å². The molecule has 1 aliphatic rings. The maximum absolute atomic E-state index is 12.2. The van der Waals surface area contributed by atoms with E-state index in [1.807, 2.05) is 0 Å². The Labute approximate surface area is 124 Å². The van der Waals surface area contributed by atoms with E-state index in [0.29, 0.717) is 5.69 Å². The van der Waals surface area contributed by atoms with Gasteiger partial charge in [-0.2, -0.15) is 0 Å². The molecule has 0 bridgehead atoms. The molecule has 1 fully saturated rings. The number of nitrogens with one attached hydrogen (secondary N) is 1. The van der Waals surface area contributed by atoms with Crippen molar-refractivity contribution in [3.63, 3.8) is 0 Å². The van der Waals surface area contributed by atoms with Crippen LogP contribution in [0.4, 0.5) is 5.69 Å². The first kappa shape index (κ1) is 15.4. The highest BCUT2D eigenvalue weighted by atomic mass is 16.4. The number of benzene rings is 1. The van der Waals surface area contributed by atoms with E-state index < -0.39 is 11.4 Å². The Kier molecular flexibility index (Phi) is 4.50. The Morgan fingerprint density at radius 2 is 1.90 bits per heavy atom. The van der Waals surface area contributed by atoms with Crippen molar-refractivity contribution < 1.29 is 19.8 Å². The summed E-state index contributed by atoms with van der Waals surface area (Å²) in [7, 11) is 0. The van der Waals surface area contributed by atoms with Gasteiger partial charge in [0.1, 0.15) is 5.75 Å². The Morgan fingerprint density at radius 1 is 1.24 bits per heavy atom. The lowest BCUT2D eigenvalue weighted by atomic mass is 9.79. The zero-order valence-corrected chi connectivity index (χ0v) is 12.2. The lowest BCUT2D eigenvalue weighted by Gasteiger charge is -2.26. The lowest BCUT2D eigenvalue weighted by Crippen LogP contribution is -2.27. The van der Waals surface area contributed by atoms with Gasteiger partial charge in [-0.1, -0.05) is 12.8 Å². The number of hydrogen-bond donors (Lipinski definition) is 3. The molecule has 0 aromatic heterocycles. The number of carbonyl (C=O) groups excluding carboxylic acids is 1. The molecule has 0 atom stereocenters. The first-order valence-electron chi connectivity index (χ1n) is 7.21. The van der Waals surface area contributed by atoms with E-state index in [0.717, 1.165) is 31.2 Å². The van der Waals surface area contributed by atoms with Crippen LogP contribution in [-0.4, -0.2) is 22.1 Å². The van der Waals surface area contributed by atoms with Crippen LogP contribution in [0.2, 0.25) is 0 Å². The molecule has 1 aromatic carbocycles. The first-order chi connectivity index (χ1) is 9.90. The number of phenolic OH excluding ortho intramolecular Hbond substituents is 1. The summed E-state index contributed by atoms with van der Waals surface area (Å²) in [5.74, 6) is -0.846. The summed E-state index contributed by atoms with van der Waals surface area (Å²) in [4.78, 5) is 23.3. The number of hydrogen-bond acceptors (Lipinski definition) is 3. The fourth-order valence-electron chi connectivity index (χ4n) is 3.18. The molecular weight excluding hydrogens is 270 g/mol. The van der Waals surface area contributed by atoms with E-state index in [1.54, 1.807) is 19.1 Å². The second-order valence-electron chi connectivity index (χ2n) is 6.00. The summed E-state index contributed by atoms with van der Waals surface area (Å²) >= 11 is 0. The molecular formula is C16H21NO4.